The highest BCUT2D eigenvalue weighted by Gasteiger charge is 2.39. The molecule has 23 heavy (non-hydrogen) atoms. The van der Waals surface area contributed by atoms with E-state index in [2.05, 4.69) is 15.5 Å². The third-order valence-corrected chi connectivity index (χ3v) is 5.28. The topological polar surface area (TPSA) is 44.4 Å². The second kappa shape index (κ2) is 7.05. The Hall–Kier alpha value is -1.33. The highest BCUT2D eigenvalue weighted by atomic mass is 35.5. The van der Waals surface area contributed by atoms with Gasteiger partial charge in [0.1, 0.15) is 0 Å². The summed E-state index contributed by atoms with van der Waals surface area (Å²) in [6.45, 7) is 1.59. The first-order valence-corrected chi connectivity index (χ1v) is 8.93. The summed E-state index contributed by atoms with van der Waals surface area (Å²) in [5.41, 5.74) is 0.960. The molecule has 6 heteroatoms. The van der Waals surface area contributed by atoms with Crippen molar-refractivity contribution < 1.29 is 4.79 Å². The molecule has 0 spiro atoms. The van der Waals surface area contributed by atoms with Crippen molar-refractivity contribution >= 4 is 40.5 Å². The lowest BCUT2D eigenvalue weighted by molar-refractivity contribution is -0.120. The smallest absolute Gasteiger partial charge is 0.217 e. The van der Waals surface area contributed by atoms with Crippen LogP contribution in [-0.4, -0.2) is 34.0 Å². The van der Waals surface area contributed by atoms with Gasteiger partial charge in [-0.15, -0.1) is 0 Å². The van der Waals surface area contributed by atoms with E-state index in [9.17, 15) is 4.79 Å². The maximum Gasteiger partial charge on any atom is 0.217 e. The summed E-state index contributed by atoms with van der Waals surface area (Å²) in [7, 11) is 0. The Labute approximate surface area is 147 Å². The molecule has 3 rings (SSSR count). The van der Waals surface area contributed by atoms with Crippen LogP contribution >= 0.6 is 23.8 Å². The predicted octanol–water partition coefficient (Wildman–Crippen LogP) is 3.56. The van der Waals surface area contributed by atoms with Crippen LogP contribution in [0.1, 0.15) is 39.0 Å². The largest absolute Gasteiger partial charge is 0.353 e. The quantitative estimate of drug-likeness (QED) is 0.800. The fourth-order valence-corrected chi connectivity index (χ4v) is 4.38. The third kappa shape index (κ3) is 3.96. The minimum atomic E-state index is 0.0587. The molecule has 1 aromatic rings. The van der Waals surface area contributed by atoms with E-state index in [0.29, 0.717) is 12.1 Å². The molecule has 2 atom stereocenters. The van der Waals surface area contributed by atoms with Crippen molar-refractivity contribution in [3.63, 3.8) is 0 Å². The zero-order valence-electron chi connectivity index (χ0n) is 13.2. The van der Waals surface area contributed by atoms with Crippen molar-refractivity contribution in [2.24, 2.45) is 0 Å². The Balaban J connectivity index is 1.68. The van der Waals surface area contributed by atoms with Gasteiger partial charge >= 0.3 is 0 Å². The number of rotatable bonds is 2. The van der Waals surface area contributed by atoms with Gasteiger partial charge < -0.3 is 15.5 Å². The van der Waals surface area contributed by atoms with E-state index < -0.39 is 0 Å². The van der Waals surface area contributed by atoms with Crippen molar-refractivity contribution in [1.29, 1.82) is 0 Å². The second-order valence-electron chi connectivity index (χ2n) is 6.45. The first-order valence-electron chi connectivity index (χ1n) is 8.15. The third-order valence-electron chi connectivity index (χ3n) is 4.71. The van der Waals surface area contributed by atoms with Crippen LogP contribution in [0.3, 0.4) is 0 Å². The summed E-state index contributed by atoms with van der Waals surface area (Å²) < 4.78 is 0. The molecule has 4 nitrogen and oxygen atoms in total. The zero-order valence-corrected chi connectivity index (χ0v) is 14.8. The van der Waals surface area contributed by atoms with E-state index in [1.54, 1.807) is 6.92 Å². The van der Waals surface area contributed by atoms with E-state index in [0.717, 1.165) is 41.5 Å². The summed E-state index contributed by atoms with van der Waals surface area (Å²) in [5.74, 6) is 0.0587. The highest BCUT2D eigenvalue weighted by molar-refractivity contribution is 7.80. The van der Waals surface area contributed by atoms with Crippen LogP contribution in [0.4, 0.5) is 5.69 Å². The maximum absolute atomic E-state index is 11.3. The summed E-state index contributed by atoms with van der Waals surface area (Å²) in [6, 6.07) is 8.69. The molecule has 0 saturated carbocycles. The summed E-state index contributed by atoms with van der Waals surface area (Å²) in [4.78, 5) is 13.7. The molecule has 124 valence electrons. The monoisotopic (exact) mass is 351 g/mol. The molecule has 1 amide bonds. The average Bonchev–Trinajstić information content (AvgIpc) is 2.48. The normalized spacial score (nSPS) is 26.5. The van der Waals surface area contributed by atoms with Gasteiger partial charge in [-0.05, 0) is 68.6 Å². The molecule has 2 bridgehead atoms. The minimum Gasteiger partial charge on any atom is -0.353 e. The standard InChI is InChI=1S/C17H22ClN3OS/c1-11(22)19-14-9-15-3-2-4-16(10-14)21(15)17(23)20-13-7-5-12(18)6-8-13/h5-8,14-16H,2-4,9-10H2,1H3,(H,19,22)(H,20,23)/t15-,16-/m1/s1. The van der Waals surface area contributed by atoms with Crippen molar-refractivity contribution in [2.75, 3.05) is 5.32 Å². The van der Waals surface area contributed by atoms with Gasteiger partial charge in [0.15, 0.2) is 5.11 Å². The summed E-state index contributed by atoms with van der Waals surface area (Å²) >= 11 is 11.6. The molecule has 2 saturated heterocycles. The number of hydrogen-bond donors (Lipinski definition) is 2. The van der Waals surface area contributed by atoms with Gasteiger partial charge in [0.05, 0.1) is 0 Å². The van der Waals surface area contributed by atoms with Crippen LogP contribution in [0.5, 0.6) is 0 Å². The fraction of sp³-hybridized carbons (Fsp3) is 0.529. The number of carbonyl (C=O) groups excluding carboxylic acids is 1. The number of nitrogens with zero attached hydrogens (tertiary/aromatic N) is 1. The van der Waals surface area contributed by atoms with Crippen molar-refractivity contribution in [3.8, 4) is 0 Å². The predicted molar refractivity (Wildman–Crippen MR) is 97.8 cm³/mol. The van der Waals surface area contributed by atoms with Gasteiger partial charge in [-0.3, -0.25) is 4.79 Å². The van der Waals surface area contributed by atoms with E-state index >= 15 is 0 Å². The Kier molecular flexibility index (Phi) is 5.07. The van der Waals surface area contributed by atoms with E-state index in [1.165, 1.54) is 6.42 Å². The molecule has 2 aliphatic heterocycles. The first kappa shape index (κ1) is 16.5. The van der Waals surface area contributed by atoms with Gasteiger partial charge in [-0.25, -0.2) is 0 Å². The number of thiocarbonyl (C=S) groups is 1. The average molecular weight is 352 g/mol. The Bertz CT molecular complexity index is 578. The van der Waals surface area contributed by atoms with Crippen LogP contribution < -0.4 is 10.6 Å². The molecule has 0 radical (unpaired) electrons. The molecule has 1 aromatic carbocycles. The lowest BCUT2D eigenvalue weighted by atomic mass is 9.82. The molecular weight excluding hydrogens is 330 g/mol. The molecule has 0 unspecified atom stereocenters. The lowest BCUT2D eigenvalue weighted by Gasteiger charge is -2.50. The number of halogens is 1. The van der Waals surface area contributed by atoms with Crippen LogP contribution in [-0.2, 0) is 4.79 Å². The highest BCUT2D eigenvalue weighted by Crippen LogP contribution is 2.34. The fourth-order valence-electron chi connectivity index (χ4n) is 3.84. The number of amides is 1. The van der Waals surface area contributed by atoms with Crippen molar-refractivity contribution in [3.05, 3.63) is 29.3 Å². The number of piperidine rings is 2. The Morgan fingerprint density at radius 3 is 2.39 bits per heavy atom. The van der Waals surface area contributed by atoms with Crippen molar-refractivity contribution in [2.45, 2.75) is 57.2 Å². The molecule has 0 aliphatic carbocycles. The van der Waals surface area contributed by atoms with Gasteiger partial charge in [0.2, 0.25) is 5.91 Å². The van der Waals surface area contributed by atoms with Crippen LogP contribution in [0, 0.1) is 0 Å². The van der Waals surface area contributed by atoms with Gasteiger partial charge in [0, 0.05) is 35.8 Å². The molecule has 2 aliphatic rings. The number of carbonyl (C=O) groups is 1. The number of nitrogens with one attached hydrogen (secondary N) is 2. The first-order chi connectivity index (χ1) is 11.0. The summed E-state index contributed by atoms with van der Waals surface area (Å²) in [6.07, 6.45) is 5.45. The Morgan fingerprint density at radius 1 is 1.22 bits per heavy atom. The molecule has 2 heterocycles. The molecular formula is C17H22ClN3OS. The van der Waals surface area contributed by atoms with Crippen LogP contribution in [0.15, 0.2) is 24.3 Å². The van der Waals surface area contributed by atoms with Gasteiger partial charge in [-0.2, -0.15) is 0 Å². The zero-order chi connectivity index (χ0) is 16.4. The molecule has 2 N–H and O–H groups in total. The van der Waals surface area contributed by atoms with E-state index in [4.69, 9.17) is 23.8 Å². The lowest BCUT2D eigenvalue weighted by Crippen LogP contribution is -2.59. The Morgan fingerprint density at radius 2 is 1.83 bits per heavy atom. The number of fused-ring (bicyclic) bond motifs is 2. The number of hydrogen-bond acceptors (Lipinski definition) is 2. The molecule has 2 fully saturated rings. The second-order valence-corrected chi connectivity index (χ2v) is 7.27. The van der Waals surface area contributed by atoms with Crippen LogP contribution in [0.25, 0.3) is 0 Å². The molecule has 0 aromatic heterocycles. The van der Waals surface area contributed by atoms with Crippen LogP contribution in [0.2, 0.25) is 5.02 Å². The minimum absolute atomic E-state index is 0.0587. The summed E-state index contributed by atoms with van der Waals surface area (Å²) in [5, 5.41) is 7.91. The maximum atomic E-state index is 11.3. The number of benzene rings is 1. The van der Waals surface area contributed by atoms with Gasteiger partial charge in [0.25, 0.3) is 0 Å². The van der Waals surface area contributed by atoms with E-state index in [-0.39, 0.29) is 11.9 Å². The van der Waals surface area contributed by atoms with Gasteiger partial charge in [-0.1, -0.05) is 11.6 Å². The number of anilines is 1. The SMILES string of the molecule is CC(=O)NC1C[C@H]2CCC[C@H](C1)N2C(=S)Nc1ccc(Cl)cc1. The van der Waals surface area contributed by atoms with Crippen molar-refractivity contribution in [1.82, 2.24) is 10.2 Å². The van der Waals surface area contributed by atoms with E-state index in [1.807, 2.05) is 24.3 Å².